The number of carbonyl (C=O) groups is 1. The number of unbranched alkanes of at least 4 members (excludes halogenated alkanes) is 1. The van der Waals surface area contributed by atoms with Crippen molar-refractivity contribution in [3.05, 3.63) is 22.4 Å². The molecule has 1 aromatic heterocycles. The lowest BCUT2D eigenvalue weighted by molar-refractivity contribution is -0.117. The molecule has 0 amide bonds. The molecule has 0 unspecified atom stereocenters. The summed E-state index contributed by atoms with van der Waals surface area (Å²) in [6, 6.07) is 1.84. The molecule has 0 aliphatic heterocycles. The van der Waals surface area contributed by atoms with Crippen molar-refractivity contribution in [2.45, 2.75) is 38.0 Å². The van der Waals surface area contributed by atoms with E-state index in [0.717, 1.165) is 25.0 Å². The Morgan fingerprint density at radius 1 is 1.59 bits per heavy atom. The zero-order valence-electron chi connectivity index (χ0n) is 10.1. The maximum absolute atomic E-state index is 11.6. The Balaban J connectivity index is 0.00000256. The van der Waals surface area contributed by atoms with E-state index >= 15 is 0 Å². The van der Waals surface area contributed by atoms with Crippen LogP contribution in [0.2, 0.25) is 0 Å². The van der Waals surface area contributed by atoms with Gasteiger partial charge in [0.2, 0.25) is 0 Å². The van der Waals surface area contributed by atoms with Gasteiger partial charge < -0.3 is 5.73 Å². The normalized spacial score (nSPS) is 11.9. The van der Waals surface area contributed by atoms with Crippen molar-refractivity contribution in [1.29, 1.82) is 0 Å². The van der Waals surface area contributed by atoms with Gasteiger partial charge in [0.15, 0.2) is 5.78 Å². The molecule has 98 valence electrons. The predicted octanol–water partition coefficient (Wildman–Crippen LogP) is 3.49. The van der Waals surface area contributed by atoms with Crippen molar-refractivity contribution in [3.8, 4) is 0 Å². The highest BCUT2D eigenvalue weighted by Crippen LogP contribution is 2.15. The first kappa shape index (κ1) is 17.0. The molecule has 1 atom stereocenters. The standard InChI is InChI=1S/C12H19NOS2.ClH/c1-2-3-4-11(13)12(14)9-16-8-10-5-6-15-7-10;/h5-7,11H,2-4,8-9,13H2,1H3;1H/t11-;/m0./s1. The van der Waals surface area contributed by atoms with Gasteiger partial charge >= 0.3 is 0 Å². The molecule has 2 N–H and O–H groups in total. The molecule has 0 aliphatic carbocycles. The second kappa shape index (κ2) is 9.95. The molecule has 0 aliphatic rings. The van der Waals surface area contributed by atoms with Gasteiger partial charge in [-0.15, -0.1) is 24.2 Å². The topological polar surface area (TPSA) is 43.1 Å². The molecule has 1 aromatic rings. The van der Waals surface area contributed by atoms with Crippen molar-refractivity contribution >= 4 is 41.3 Å². The van der Waals surface area contributed by atoms with E-state index < -0.39 is 0 Å². The first-order chi connectivity index (χ1) is 7.74. The minimum Gasteiger partial charge on any atom is -0.321 e. The number of thioether (sulfide) groups is 1. The summed E-state index contributed by atoms with van der Waals surface area (Å²) in [4.78, 5) is 11.6. The molecule has 5 heteroatoms. The van der Waals surface area contributed by atoms with E-state index in [4.69, 9.17) is 5.73 Å². The lowest BCUT2D eigenvalue weighted by atomic mass is 10.1. The Morgan fingerprint density at radius 2 is 2.35 bits per heavy atom. The molecule has 0 radical (unpaired) electrons. The van der Waals surface area contributed by atoms with E-state index in [2.05, 4.69) is 23.8 Å². The Kier molecular flexibility index (Phi) is 9.93. The molecular formula is C12H20ClNOS2. The Bertz CT molecular complexity index is 303. The highest BCUT2D eigenvalue weighted by molar-refractivity contribution is 7.99. The van der Waals surface area contributed by atoms with E-state index in [0.29, 0.717) is 5.75 Å². The van der Waals surface area contributed by atoms with E-state index in [-0.39, 0.29) is 24.2 Å². The molecule has 0 saturated carbocycles. The summed E-state index contributed by atoms with van der Waals surface area (Å²) in [5, 5.41) is 4.18. The number of halogens is 1. The number of hydrogen-bond donors (Lipinski definition) is 1. The van der Waals surface area contributed by atoms with Crippen LogP contribution in [-0.2, 0) is 10.5 Å². The van der Waals surface area contributed by atoms with E-state index in [1.165, 1.54) is 5.56 Å². The first-order valence-electron chi connectivity index (χ1n) is 5.61. The highest BCUT2D eigenvalue weighted by atomic mass is 35.5. The molecule has 0 aromatic carbocycles. The summed E-state index contributed by atoms with van der Waals surface area (Å²) in [5.41, 5.74) is 7.10. The highest BCUT2D eigenvalue weighted by Gasteiger charge is 2.12. The lowest BCUT2D eigenvalue weighted by Gasteiger charge is -2.09. The van der Waals surface area contributed by atoms with Gasteiger partial charge in [0.05, 0.1) is 11.8 Å². The maximum Gasteiger partial charge on any atom is 0.159 e. The first-order valence-corrected chi connectivity index (χ1v) is 7.71. The van der Waals surface area contributed by atoms with E-state index in [1.54, 1.807) is 23.1 Å². The number of ketones is 1. The molecule has 2 nitrogen and oxygen atoms in total. The third-order valence-corrected chi connectivity index (χ3v) is 4.13. The number of carbonyl (C=O) groups excluding carboxylic acids is 1. The number of nitrogens with two attached hydrogens (primary N) is 1. The van der Waals surface area contributed by atoms with Crippen molar-refractivity contribution in [2.24, 2.45) is 5.73 Å². The van der Waals surface area contributed by atoms with Gasteiger partial charge in [0.1, 0.15) is 0 Å². The second-order valence-corrected chi connectivity index (χ2v) is 5.61. The SMILES string of the molecule is CCCC[C@H](N)C(=O)CSCc1ccsc1.Cl. The summed E-state index contributed by atoms with van der Waals surface area (Å²) in [6.07, 6.45) is 2.97. The Morgan fingerprint density at radius 3 is 2.94 bits per heavy atom. The predicted molar refractivity (Wildman–Crippen MR) is 80.2 cm³/mol. The van der Waals surface area contributed by atoms with Crippen molar-refractivity contribution in [1.82, 2.24) is 0 Å². The van der Waals surface area contributed by atoms with Crippen LogP contribution >= 0.6 is 35.5 Å². The third-order valence-electron chi connectivity index (χ3n) is 2.38. The smallest absolute Gasteiger partial charge is 0.159 e. The van der Waals surface area contributed by atoms with Crippen molar-refractivity contribution in [3.63, 3.8) is 0 Å². The minimum absolute atomic E-state index is 0. The lowest BCUT2D eigenvalue weighted by Crippen LogP contribution is -2.31. The van der Waals surface area contributed by atoms with Gasteiger partial charge in [0, 0.05) is 5.75 Å². The van der Waals surface area contributed by atoms with Crippen LogP contribution in [-0.4, -0.2) is 17.6 Å². The summed E-state index contributed by atoms with van der Waals surface area (Å²) in [7, 11) is 0. The second-order valence-electron chi connectivity index (χ2n) is 3.84. The Labute approximate surface area is 118 Å². The fraction of sp³-hybridized carbons (Fsp3) is 0.583. The zero-order valence-corrected chi connectivity index (χ0v) is 12.5. The van der Waals surface area contributed by atoms with Crippen LogP contribution < -0.4 is 5.73 Å². The fourth-order valence-electron chi connectivity index (χ4n) is 1.34. The van der Waals surface area contributed by atoms with Gasteiger partial charge in [-0.3, -0.25) is 4.79 Å². The average molecular weight is 294 g/mol. The summed E-state index contributed by atoms with van der Waals surface area (Å²) >= 11 is 3.35. The van der Waals surface area contributed by atoms with Gasteiger partial charge in [-0.1, -0.05) is 19.8 Å². The van der Waals surface area contributed by atoms with Crippen LogP contribution in [0.15, 0.2) is 16.8 Å². The summed E-state index contributed by atoms with van der Waals surface area (Å²) in [6.45, 7) is 2.11. The third kappa shape index (κ3) is 7.09. The van der Waals surface area contributed by atoms with Crippen LogP contribution in [0.1, 0.15) is 31.7 Å². The van der Waals surface area contributed by atoms with Crippen LogP contribution in [0.3, 0.4) is 0 Å². The van der Waals surface area contributed by atoms with Gasteiger partial charge in [-0.05, 0) is 28.8 Å². The largest absolute Gasteiger partial charge is 0.321 e. The quantitative estimate of drug-likeness (QED) is 0.798. The van der Waals surface area contributed by atoms with Gasteiger partial charge in [-0.2, -0.15) is 11.3 Å². The minimum atomic E-state index is -0.255. The fourth-order valence-corrected chi connectivity index (χ4v) is 3.04. The van der Waals surface area contributed by atoms with E-state index in [9.17, 15) is 4.79 Å². The molecule has 0 spiro atoms. The van der Waals surface area contributed by atoms with Crippen molar-refractivity contribution < 1.29 is 4.79 Å². The van der Waals surface area contributed by atoms with Crippen LogP contribution in [0.5, 0.6) is 0 Å². The average Bonchev–Trinajstić information content (AvgIpc) is 2.78. The molecule has 0 bridgehead atoms. The van der Waals surface area contributed by atoms with Crippen LogP contribution in [0.25, 0.3) is 0 Å². The molecule has 1 heterocycles. The maximum atomic E-state index is 11.6. The van der Waals surface area contributed by atoms with Crippen molar-refractivity contribution in [2.75, 3.05) is 5.75 Å². The summed E-state index contributed by atoms with van der Waals surface area (Å²) in [5.74, 6) is 1.64. The van der Waals surface area contributed by atoms with Crippen LogP contribution in [0.4, 0.5) is 0 Å². The number of Topliss-reactive ketones (excluding diaryl/α,β-unsaturated/α-hetero) is 1. The number of rotatable bonds is 8. The van der Waals surface area contributed by atoms with Gasteiger partial charge in [-0.25, -0.2) is 0 Å². The Hall–Kier alpha value is -0.0300. The summed E-state index contributed by atoms with van der Waals surface area (Å²) < 4.78 is 0. The molecule has 0 saturated heterocycles. The van der Waals surface area contributed by atoms with E-state index in [1.807, 2.05) is 0 Å². The molecule has 0 fully saturated rings. The molecular weight excluding hydrogens is 274 g/mol. The zero-order chi connectivity index (χ0) is 11.8. The van der Waals surface area contributed by atoms with Gasteiger partial charge in [0.25, 0.3) is 0 Å². The molecule has 17 heavy (non-hydrogen) atoms. The number of hydrogen-bond acceptors (Lipinski definition) is 4. The number of thiophene rings is 1. The monoisotopic (exact) mass is 293 g/mol. The molecule has 1 rings (SSSR count). The van der Waals surface area contributed by atoms with Crippen LogP contribution in [0, 0.1) is 0 Å².